The van der Waals surface area contributed by atoms with Crippen LogP contribution in [0.25, 0.3) is 0 Å². The van der Waals surface area contributed by atoms with Crippen LogP contribution < -0.4 is 5.32 Å². The molecule has 1 aromatic heterocycles. The Bertz CT molecular complexity index is 745. The molecule has 130 valence electrons. The molecule has 1 fully saturated rings. The SMILES string of the molecule is O=C(O)CC(Nc1cncc(C(=O)N2CCCC2)n1)c1ccccc1. The van der Waals surface area contributed by atoms with Crippen molar-refractivity contribution in [1.82, 2.24) is 14.9 Å². The van der Waals surface area contributed by atoms with Crippen LogP contribution in [0, 0.1) is 0 Å². The molecule has 1 aromatic carbocycles. The van der Waals surface area contributed by atoms with E-state index in [1.165, 1.54) is 12.4 Å². The van der Waals surface area contributed by atoms with Gasteiger partial charge in [-0.1, -0.05) is 30.3 Å². The lowest BCUT2D eigenvalue weighted by atomic mass is 10.0. The fraction of sp³-hybridized carbons (Fsp3) is 0.333. The number of carboxylic acids is 1. The normalized spacial score (nSPS) is 15.0. The number of anilines is 1. The standard InChI is InChI=1S/C18H20N4O3/c23-17(24)10-14(13-6-2-1-3-7-13)20-16-12-19-11-15(21-16)18(25)22-8-4-5-9-22/h1-3,6-7,11-12,14H,4-5,8-10H2,(H,20,21)(H,23,24). The van der Waals surface area contributed by atoms with Crippen LogP contribution in [0.15, 0.2) is 42.7 Å². The molecule has 2 heterocycles. The van der Waals surface area contributed by atoms with Crippen molar-refractivity contribution >= 4 is 17.7 Å². The minimum absolute atomic E-state index is 0.101. The van der Waals surface area contributed by atoms with Crippen molar-refractivity contribution in [3.05, 3.63) is 54.0 Å². The first-order valence-corrected chi connectivity index (χ1v) is 8.28. The number of carbonyl (C=O) groups excluding carboxylic acids is 1. The Morgan fingerprint density at radius 2 is 1.88 bits per heavy atom. The third-order valence-electron chi connectivity index (χ3n) is 4.15. The number of hydrogen-bond acceptors (Lipinski definition) is 5. The third-order valence-corrected chi connectivity index (χ3v) is 4.15. The zero-order chi connectivity index (χ0) is 17.6. The van der Waals surface area contributed by atoms with Gasteiger partial charge in [-0.05, 0) is 18.4 Å². The van der Waals surface area contributed by atoms with Crippen LogP contribution >= 0.6 is 0 Å². The smallest absolute Gasteiger partial charge is 0.305 e. The summed E-state index contributed by atoms with van der Waals surface area (Å²) in [5.74, 6) is -0.665. The Kier molecular flexibility index (Phi) is 5.23. The number of likely N-dealkylation sites (tertiary alicyclic amines) is 1. The maximum atomic E-state index is 12.4. The predicted octanol–water partition coefficient (Wildman–Crippen LogP) is 2.34. The molecule has 7 nitrogen and oxygen atoms in total. The second-order valence-corrected chi connectivity index (χ2v) is 5.99. The van der Waals surface area contributed by atoms with Crippen LogP contribution in [-0.4, -0.2) is 44.9 Å². The van der Waals surface area contributed by atoms with Gasteiger partial charge < -0.3 is 15.3 Å². The monoisotopic (exact) mass is 340 g/mol. The average molecular weight is 340 g/mol. The number of carboxylic acid groups (broad SMARTS) is 1. The van der Waals surface area contributed by atoms with Crippen molar-refractivity contribution in [1.29, 1.82) is 0 Å². The lowest BCUT2D eigenvalue weighted by Gasteiger charge is -2.19. The quantitative estimate of drug-likeness (QED) is 0.838. The Labute approximate surface area is 145 Å². The summed E-state index contributed by atoms with van der Waals surface area (Å²) in [6, 6.07) is 8.83. The fourth-order valence-corrected chi connectivity index (χ4v) is 2.91. The highest BCUT2D eigenvalue weighted by Gasteiger charge is 2.22. The van der Waals surface area contributed by atoms with Gasteiger partial charge in [0.05, 0.1) is 24.9 Å². The van der Waals surface area contributed by atoms with Crippen LogP contribution in [0.1, 0.15) is 41.4 Å². The highest BCUT2D eigenvalue weighted by atomic mass is 16.4. The number of amides is 1. The second-order valence-electron chi connectivity index (χ2n) is 5.99. The number of rotatable bonds is 6. The Hall–Kier alpha value is -2.96. The molecule has 1 atom stereocenters. The van der Waals surface area contributed by atoms with Crippen molar-refractivity contribution in [2.45, 2.75) is 25.3 Å². The molecular formula is C18H20N4O3. The first-order chi connectivity index (χ1) is 12.1. The van der Waals surface area contributed by atoms with Gasteiger partial charge in [-0.2, -0.15) is 0 Å². The summed E-state index contributed by atoms with van der Waals surface area (Å²) in [7, 11) is 0. The van der Waals surface area contributed by atoms with Crippen molar-refractivity contribution in [3.63, 3.8) is 0 Å². The molecule has 3 rings (SSSR count). The molecule has 25 heavy (non-hydrogen) atoms. The zero-order valence-electron chi connectivity index (χ0n) is 13.8. The van der Waals surface area contributed by atoms with Crippen LogP contribution in [0.3, 0.4) is 0 Å². The molecule has 7 heteroatoms. The van der Waals surface area contributed by atoms with E-state index in [1.807, 2.05) is 30.3 Å². The molecule has 0 spiro atoms. The number of nitrogens with zero attached hydrogens (tertiary/aromatic N) is 3. The van der Waals surface area contributed by atoms with Gasteiger partial charge in [0.2, 0.25) is 0 Å². The molecule has 0 aliphatic carbocycles. The highest BCUT2D eigenvalue weighted by molar-refractivity contribution is 5.92. The van der Waals surface area contributed by atoms with Gasteiger partial charge in [0.15, 0.2) is 0 Å². The van der Waals surface area contributed by atoms with Crippen molar-refractivity contribution in [3.8, 4) is 0 Å². The Morgan fingerprint density at radius 3 is 2.56 bits per heavy atom. The van der Waals surface area contributed by atoms with Crippen molar-refractivity contribution in [2.24, 2.45) is 0 Å². The molecule has 0 saturated carbocycles. The predicted molar refractivity (Wildman–Crippen MR) is 92.2 cm³/mol. The van der Waals surface area contributed by atoms with E-state index in [2.05, 4.69) is 15.3 Å². The molecule has 1 aliphatic rings. The van der Waals surface area contributed by atoms with Crippen molar-refractivity contribution in [2.75, 3.05) is 18.4 Å². The number of hydrogen-bond donors (Lipinski definition) is 2. The second kappa shape index (κ2) is 7.74. The van der Waals surface area contributed by atoms with Crippen LogP contribution in [0.2, 0.25) is 0 Å². The zero-order valence-corrected chi connectivity index (χ0v) is 13.8. The number of aromatic nitrogens is 2. The van der Waals surface area contributed by atoms with Gasteiger partial charge in [0, 0.05) is 13.1 Å². The van der Waals surface area contributed by atoms with E-state index < -0.39 is 12.0 Å². The summed E-state index contributed by atoms with van der Waals surface area (Å²) in [5.41, 5.74) is 1.11. The molecule has 0 radical (unpaired) electrons. The largest absolute Gasteiger partial charge is 0.481 e. The third kappa shape index (κ3) is 4.32. The van der Waals surface area contributed by atoms with E-state index in [1.54, 1.807) is 4.90 Å². The van der Waals surface area contributed by atoms with E-state index in [0.29, 0.717) is 5.82 Å². The Morgan fingerprint density at radius 1 is 1.16 bits per heavy atom. The van der Waals surface area contributed by atoms with Gasteiger partial charge in [0.25, 0.3) is 5.91 Å². The maximum absolute atomic E-state index is 12.4. The number of benzene rings is 1. The van der Waals surface area contributed by atoms with E-state index in [4.69, 9.17) is 0 Å². The van der Waals surface area contributed by atoms with Crippen LogP contribution in [0.4, 0.5) is 5.82 Å². The van der Waals surface area contributed by atoms with Gasteiger partial charge in [-0.15, -0.1) is 0 Å². The van der Waals surface area contributed by atoms with E-state index in [9.17, 15) is 14.7 Å². The first kappa shape index (κ1) is 16.9. The van der Waals surface area contributed by atoms with Crippen LogP contribution in [-0.2, 0) is 4.79 Å². The molecule has 2 aromatic rings. The van der Waals surface area contributed by atoms with E-state index in [-0.39, 0.29) is 18.0 Å². The number of carbonyl (C=O) groups is 2. The van der Waals surface area contributed by atoms with Crippen molar-refractivity contribution < 1.29 is 14.7 Å². The van der Waals surface area contributed by atoms with E-state index >= 15 is 0 Å². The summed E-state index contributed by atoms with van der Waals surface area (Å²) >= 11 is 0. The van der Waals surface area contributed by atoms with Gasteiger partial charge >= 0.3 is 5.97 Å². The molecule has 1 saturated heterocycles. The van der Waals surface area contributed by atoms with Gasteiger partial charge in [-0.25, -0.2) is 4.98 Å². The molecule has 1 unspecified atom stereocenters. The molecule has 1 aliphatic heterocycles. The fourth-order valence-electron chi connectivity index (χ4n) is 2.91. The lowest BCUT2D eigenvalue weighted by molar-refractivity contribution is -0.137. The summed E-state index contributed by atoms with van der Waals surface area (Å²) in [6.45, 7) is 1.48. The minimum atomic E-state index is -0.918. The lowest BCUT2D eigenvalue weighted by Crippen LogP contribution is -2.28. The van der Waals surface area contributed by atoms with Gasteiger partial charge in [-0.3, -0.25) is 14.6 Å². The van der Waals surface area contributed by atoms with Crippen LogP contribution in [0.5, 0.6) is 0 Å². The summed E-state index contributed by atoms with van der Waals surface area (Å²) in [4.78, 5) is 33.8. The summed E-state index contributed by atoms with van der Waals surface area (Å²) in [5, 5.41) is 12.3. The summed E-state index contributed by atoms with van der Waals surface area (Å²) < 4.78 is 0. The highest BCUT2D eigenvalue weighted by Crippen LogP contribution is 2.22. The average Bonchev–Trinajstić information content (AvgIpc) is 3.16. The minimum Gasteiger partial charge on any atom is -0.481 e. The summed E-state index contributed by atoms with van der Waals surface area (Å²) in [6.07, 6.45) is 4.85. The van der Waals surface area contributed by atoms with E-state index in [0.717, 1.165) is 31.5 Å². The first-order valence-electron chi connectivity index (χ1n) is 8.28. The molecular weight excluding hydrogens is 320 g/mol. The van der Waals surface area contributed by atoms with Gasteiger partial charge in [0.1, 0.15) is 11.5 Å². The maximum Gasteiger partial charge on any atom is 0.305 e. The Balaban J connectivity index is 1.79. The number of nitrogens with one attached hydrogen (secondary N) is 1. The number of aliphatic carboxylic acids is 1. The molecule has 2 N–H and O–H groups in total. The topological polar surface area (TPSA) is 95.4 Å². The molecule has 1 amide bonds. The molecule has 0 bridgehead atoms.